The van der Waals surface area contributed by atoms with Gasteiger partial charge in [0, 0.05) is 61.1 Å². The van der Waals surface area contributed by atoms with Crippen LogP contribution in [-0.2, 0) is 38.1 Å². The monoisotopic (exact) mass is 648 g/mol. The molecule has 0 aliphatic rings. The van der Waals surface area contributed by atoms with E-state index in [-0.39, 0.29) is 73.5 Å². The van der Waals surface area contributed by atoms with Gasteiger partial charge in [0.05, 0.1) is 14.2 Å². The first-order chi connectivity index (χ1) is 16.2. The molecule has 4 radical (unpaired) electrons. The molecule has 0 bridgehead atoms. The minimum absolute atomic E-state index is 0. The predicted octanol–water partition coefficient (Wildman–Crippen LogP) is 4.84. The van der Waals surface area contributed by atoms with Crippen LogP contribution in [0.4, 0.5) is 0 Å². The normalized spacial score (nSPS) is 8.69. The number of ether oxygens (including phenoxy) is 4. The molecule has 11 heteroatoms. The Morgan fingerprint density at radius 1 is 0.543 bits per heavy atom. The molecule has 0 saturated carbocycles. The standard InChI is InChI=1S/2C8H14O4S.2C4H10.Sn/c2*1-11-7(9)3-2-4-8(10)12-5-6-13;2*1-3-4-2;/h2*13H,2-6H2,1H3;2*3-4H2,1-2H3;. The largest absolute Gasteiger partial charge is 0.469 e. The minimum Gasteiger partial charge on any atom is -0.469 e. The second kappa shape index (κ2) is 40.5. The van der Waals surface area contributed by atoms with E-state index in [0.29, 0.717) is 37.6 Å². The van der Waals surface area contributed by atoms with Crippen molar-refractivity contribution in [2.45, 2.75) is 91.9 Å². The van der Waals surface area contributed by atoms with Gasteiger partial charge >= 0.3 is 23.9 Å². The topological polar surface area (TPSA) is 105 Å². The third-order valence-corrected chi connectivity index (χ3v) is 4.05. The molecule has 0 rings (SSSR count). The van der Waals surface area contributed by atoms with Gasteiger partial charge in [0.2, 0.25) is 0 Å². The summed E-state index contributed by atoms with van der Waals surface area (Å²) in [5, 5.41) is 0. The maximum absolute atomic E-state index is 10.9. The zero-order valence-corrected chi connectivity index (χ0v) is 27.2. The van der Waals surface area contributed by atoms with Crippen LogP contribution in [-0.4, -0.2) is 86.7 Å². The molecule has 0 heterocycles. The maximum atomic E-state index is 10.9. The van der Waals surface area contributed by atoms with Crippen LogP contribution < -0.4 is 0 Å². The third-order valence-electron chi connectivity index (χ3n) is 3.69. The van der Waals surface area contributed by atoms with Gasteiger partial charge in [-0.2, -0.15) is 25.3 Å². The maximum Gasteiger partial charge on any atom is 0.305 e. The Morgan fingerprint density at radius 2 is 0.800 bits per heavy atom. The van der Waals surface area contributed by atoms with Crippen LogP contribution in [0, 0.1) is 0 Å². The summed E-state index contributed by atoms with van der Waals surface area (Å²) >= 11 is 7.77. The Hall–Kier alpha value is -0.621. The van der Waals surface area contributed by atoms with E-state index in [9.17, 15) is 19.2 Å². The Kier molecular flexibility index (Phi) is 51.4. The van der Waals surface area contributed by atoms with E-state index < -0.39 is 0 Å². The van der Waals surface area contributed by atoms with Gasteiger partial charge in [-0.3, -0.25) is 19.2 Å². The van der Waals surface area contributed by atoms with E-state index in [1.807, 2.05) is 0 Å². The number of carbonyl (C=O) groups excluding carboxylic acids is 4. The second-order valence-electron chi connectivity index (χ2n) is 6.75. The van der Waals surface area contributed by atoms with Crippen molar-refractivity contribution in [3.63, 3.8) is 0 Å². The van der Waals surface area contributed by atoms with E-state index in [1.54, 1.807) is 0 Å². The van der Waals surface area contributed by atoms with Crippen LogP contribution >= 0.6 is 25.3 Å². The van der Waals surface area contributed by atoms with Gasteiger partial charge in [-0.25, -0.2) is 0 Å². The van der Waals surface area contributed by atoms with Crippen molar-refractivity contribution in [3.8, 4) is 0 Å². The quantitative estimate of drug-likeness (QED) is 0.120. The number of rotatable bonds is 14. The molecular weight excluding hydrogens is 599 g/mol. The molecule has 0 aliphatic carbocycles. The van der Waals surface area contributed by atoms with Crippen molar-refractivity contribution in [2.75, 3.05) is 38.9 Å². The predicted molar refractivity (Wildman–Crippen MR) is 148 cm³/mol. The van der Waals surface area contributed by atoms with Crippen LogP contribution in [0.2, 0.25) is 0 Å². The van der Waals surface area contributed by atoms with E-state index >= 15 is 0 Å². The summed E-state index contributed by atoms with van der Waals surface area (Å²) in [5.74, 6) is -0.161. The van der Waals surface area contributed by atoms with Crippen LogP contribution in [0.25, 0.3) is 0 Å². The number of hydrogen-bond acceptors (Lipinski definition) is 10. The van der Waals surface area contributed by atoms with Gasteiger partial charge in [0.1, 0.15) is 13.2 Å². The first-order valence-electron chi connectivity index (χ1n) is 11.9. The van der Waals surface area contributed by atoms with Gasteiger partial charge in [-0.1, -0.05) is 53.4 Å². The molecule has 0 saturated heterocycles. The van der Waals surface area contributed by atoms with E-state index in [4.69, 9.17) is 9.47 Å². The van der Waals surface area contributed by atoms with Crippen molar-refractivity contribution in [2.24, 2.45) is 0 Å². The summed E-state index contributed by atoms with van der Waals surface area (Å²) < 4.78 is 18.3. The van der Waals surface area contributed by atoms with E-state index in [0.717, 1.165) is 0 Å². The molecule has 0 fully saturated rings. The number of unbranched alkanes of at least 4 members (excludes halogenated alkanes) is 2. The van der Waals surface area contributed by atoms with Gasteiger partial charge in [0.15, 0.2) is 0 Å². The Labute approximate surface area is 241 Å². The molecule has 0 amide bonds. The van der Waals surface area contributed by atoms with Crippen LogP contribution in [0.1, 0.15) is 91.9 Å². The van der Waals surface area contributed by atoms with Crippen LogP contribution in [0.15, 0.2) is 0 Å². The van der Waals surface area contributed by atoms with Crippen LogP contribution in [0.3, 0.4) is 0 Å². The molecule has 0 spiro atoms. The molecular formula is C24H48O8S2Sn. The minimum atomic E-state index is -0.304. The molecule has 0 N–H and O–H groups in total. The average molecular weight is 647 g/mol. The van der Waals surface area contributed by atoms with Gasteiger partial charge in [-0.15, -0.1) is 0 Å². The van der Waals surface area contributed by atoms with E-state index in [2.05, 4.69) is 62.4 Å². The number of carbonyl (C=O) groups is 4. The number of esters is 4. The van der Waals surface area contributed by atoms with Crippen LogP contribution in [0.5, 0.6) is 0 Å². The molecule has 208 valence electrons. The van der Waals surface area contributed by atoms with Crippen molar-refractivity contribution in [3.05, 3.63) is 0 Å². The molecule has 35 heavy (non-hydrogen) atoms. The molecule has 0 aromatic rings. The fourth-order valence-corrected chi connectivity index (χ4v) is 1.60. The summed E-state index contributed by atoms with van der Waals surface area (Å²) in [4.78, 5) is 43.0. The third kappa shape index (κ3) is 51.0. The number of methoxy groups -OCH3 is 2. The smallest absolute Gasteiger partial charge is 0.305 e. The Bertz CT molecular complexity index is 434. The first kappa shape index (κ1) is 44.4. The summed E-state index contributed by atoms with van der Waals surface area (Å²) in [6.45, 7) is 9.36. The summed E-state index contributed by atoms with van der Waals surface area (Å²) in [6, 6.07) is 0. The van der Waals surface area contributed by atoms with Gasteiger partial charge in [0.25, 0.3) is 0 Å². The van der Waals surface area contributed by atoms with Gasteiger partial charge < -0.3 is 18.9 Å². The molecule has 0 aliphatic heterocycles. The Morgan fingerprint density at radius 3 is 1.00 bits per heavy atom. The van der Waals surface area contributed by atoms with Crippen molar-refractivity contribution >= 4 is 73.0 Å². The zero-order chi connectivity index (χ0) is 27.0. The van der Waals surface area contributed by atoms with Crippen molar-refractivity contribution in [1.29, 1.82) is 0 Å². The SMILES string of the molecule is CCCC.CCCC.COC(=O)CCCC(=O)OCCS.COC(=O)CCCC(=O)OCCS.[Sn]. The summed E-state index contributed by atoms with van der Waals surface area (Å²) in [5.41, 5.74) is 0. The fourth-order valence-electron chi connectivity index (χ4n) is 1.42. The molecule has 0 atom stereocenters. The molecule has 0 unspecified atom stereocenters. The van der Waals surface area contributed by atoms with Gasteiger partial charge in [-0.05, 0) is 12.8 Å². The number of thiol groups is 2. The summed E-state index contributed by atoms with van der Waals surface area (Å²) in [7, 11) is 2.64. The average Bonchev–Trinajstić information content (AvgIpc) is 2.86. The first-order valence-corrected chi connectivity index (χ1v) is 13.2. The van der Waals surface area contributed by atoms with E-state index in [1.165, 1.54) is 39.9 Å². The zero-order valence-electron chi connectivity index (χ0n) is 22.6. The molecule has 0 aromatic heterocycles. The molecule has 0 aromatic carbocycles. The fraction of sp³-hybridized carbons (Fsp3) is 0.833. The van der Waals surface area contributed by atoms with Crippen molar-refractivity contribution in [1.82, 2.24) is 0 Å². The molecule has 8 nitrogen and oxygen atoms in total. The second-order valence-corrected chi connectivity index (χ2v) is 7.64. The van der Waals surface area contributed by atoms with Crippen molar-refractivity contribution < 1.29 is 38.1 Å². The Balaban J connectivity index is -0.000000128. The number of hydrogen-bond donors (Lipinski definition) is 2. The summed E-state index contributed by atoms with van der Waals surface area (Å²) in [6.07, 6.45) is 7.24.